The van der Waals surface area contributed by atoms with Crippen molar-refractivity contribution in [1.29, 1.82) is 0 Å². The fourth-order valence-electron chi connectivity index (χ4n) is 3.64. The number of aryl methyl sites for hydroxylation is 2. The van der Waals surface area contributed by atoms with Crippen LogP contribution in [-0.4, -0.2) is 37.2 Å². The molecule has 1 aromatic carbocycles. The first kappa shape index (κ1) is 20.3. The second-order valence-corrected chi connectivity index (χ2v) is 7.45. The monoisotopic (exact) mass is 385 g/mol. The minimum absolute atomic E-state index is 0.156. The van der Waals surface area contributed by atoms with Crippen LogP contribution in [0, 0.1) is 19.8 Å². The molecule has 1 fully saturated rings. The summed E-state index contributed by atoms with van der Waals surface area (Å²) in [5, 5.41) is 5.88. The van der Waals surface area contributed by atoms with Gasteiger partial charge in [0.15, 0.2) is 0 Å². The zero-order valence-electron chi connectivity index (χ0n) is 17.1. The second-order valence-electron chi connectivity index (χ2n) is 7.45. The van der Waals surface area contributed by atoms with Gasteiger partial charge in [0, 0.05) is 24.3 Å². The van der Waals surface area contributed by atoms with Crippen LogP contribution in [-0.2, 0) is 6.54 Å². The summed E-state index contributed by atoms with van der Waals surface area (Å²) < 4.78 is 11.0. The van der Waals surface area contributed by atoms with E-state index in [9.17, 15) is 4.79 Å². The molecule has 28 heavy (non-hydrogen) atoms. The lowest BCUT2D eigenvalue weighted by Crippen LogP contribution is -2.39. The normalized spacial score (nSPS) is 15.4. The molecule has 6 nitrogen and oxygen atoms in total. The van der Waals surface area contributed by atoms with Crippen molar-refractivity contribution in [2.45, 2.75) is 40.2 Å². The third-order valence-electron chi connectivity index (χ3n) is 5.22. The number of nitrogens with one attached hydrogen (secondary N) is 2. The Kier molecular flexibility index (Phi) is 6.98. The first-order chi connectivity index (χ1) is 13.5. The lowest BCUT2D eigenvalue weighted by atomic mass is 9.96. The highest BCUT2D eigenvalue weighted by Gasteiger charge is 2.21. The summed E-state index contributed by atoms with van der Waals surface area (Å²) in [4.78, 5) is 14.6. The van der Waals surface area contributed by atoms with Crippen molar-refractivity contribution >= 4 is 11.7 Å². The SMILES string of the molecule is CCOc1ccc(NC(=O)NCC2CCN(Cc3cc(C)oc3C)CC2)cc1. The number of benzene rings is 1. The number of ether oxygens (including phenoxy) is 1. The Hall–Kier alpha value is -2.47. The number of carbonyl (C=O) groups excluding carboxylic acids is 1. The number of furan rings is 1. The maximum Gasteiger partial charge on any atom is 0.319 e. The number of anilines is 1. The van der Waals surface area contributed by atoms with Crippen molar-refractivity contribution in [3.63, 3.8) is 0 Å². The van der Waals surface area contributed by atoms with E-state index in [1.54, 1.807) is 0 Å². The van der Waals surface area contributed by atoms with Crippen LogP contribution in [0.15, 0.2) is 34.7 Å². The molecule has 152 valence electrons. The third kappa shape index (κ3) is 5.76. The molecule has 3 rings (SSSR count). The van der Waals surface area contributed by atoms with Gasteiger partial charge in [0.25, 0.3) is 0 Å². The topological polar surface area (TPSA) is 66.7 Å². The highest BCUT2D eigenvalue weighted by Crippen LogP contribution is 2.21. The van der Waals surface area contributed by atoms with Crippen LogP contribution in [0.1, 0.15) is 36.8 Å². The van der Waals surface area contributed by atoms with Gasteiger partial charge in [0.2, 0.25) is 0 Å². The Morgan fingerprint density at radius 2 is 1.93 bits per heavy atom. The molecule has 0 unspecified atom stereocenters. The molecule has 2 aromatic rings. The predicted molar refractivity (Wildman–Crippen MR) is 111 cm³/mol. The smallest absolute Gasteiger partial charge is 0.319 e. The average Bonchev–Trinajstić information content (AvgIpc) is 3.00. The zero-order valence-corrected chi connectivity index (χ0v) is 17.1. The number of hydrogen-bond donors (Lipinski definition) is 2. The molecule has 0 radical (unpaired) electrons. The highest BCUT2D eigenvalue weighted by atomic mass is 16.5. The number of amides is 2. The summed E-state index contributed by atoms with van der Waals surface area (Å²) in [5.41, 5.74) is 2.05. The Labute approximate surface area is 167 Å². The highest BCUT2D eigenvalue weighted by molar-refractivity contribution is 5.89. The molecule has 0 spiro atoms. The number of nitrogens with zero attached hydrogens (tertiary/aromatic N) is 1. The van der Waals surface area contributed by atoms with Gasteiger partial charge in [0.1, 0.15) is 17.3 Å². The molecule has 1 aromatic heterocycles. The molecule has 2 heterocycles. The van der Waals surface area contributed by atoms with E-state index in [0.717, 1.165) is 55.4 Å². The van der Waals surface area contributed by atoms with Crippen molar-refractivity contribution in [1.82, 2.24) is 10.2 Å². The fraction of sp³-hybridized carbons (Fsp3) is 0.500. The predicted octanol–water partition coefficient (Wildman–Crippen LogP) is 4.33. The molecule has 0 bridgehead atoms. The third-order valence-corrected chi connectivity index (χ3v) is 5.22. The van der Waals surface area contributed by atoms with E-state index in [1.807, 2.05) is 45.0 Å². The van der Waals surface area contributed by atoms with Crippen LogP contribution in [0.3, 0.4) is 0 Å². The number of rotatable bonds is 7. The number of urea groups is 1. The van der Waals surface area contributed by atoms with Crippen molar-refractivity contribution in [3.8, 4) is 5.75 Å². The van der Waals surface area contributed by atoms with Gasteiger partial charge in [-0.1, -0.05) is 0 Å². The number of piperidine rings is 1. The first-order valence-corrected chi connectivity index (χ1v) is 10.1. The Balaban J connectivity index is 1.36. The van der Waals surface area contributed by atoms with E-state index in [1.165, 1.54) is 5.56 Å². The van der Waals surface area contributed by atoms with E-state index in [4.69, 9.17) is 9.15 Å². The van der Waals surface area contributed by atoms with Crippen LogP contribution < -0.4 is 15.4 Å². The number of likely N-dealkylation sites (tertiary alicyclic amines) is 1. The van der Waals surface area contributed by atoms with Crippen molar-refractivity contribution < 1.29 is 13.9 Å². The molecule has 6 heteroatoms. The second kappa shape index (κ2) is 9.64. The molecular formula is C22H31N3O3. The van der Waals surface area contributed by atoms with Gasteiger partial charge in [-0.3, -0.25) is 4.90 Å². The summed E-state index contributed by atoms with van der Waals surface area (Å²) in [6.07, 6.45) is 2.19. The van der Waals surface area contributed by atoms with Gasteiger partial charge in [-0.05, 0) is 83.0 Å². The summed E-state index contributed by atoms with van der Waals surface area (Å²) in [6.45, 7) is 10.4. The van der Waals surface area contributed by atoms with Crippen molar-refractivity contribution in [2.24, 2.45) is 5.92 Å². The van der Waals surface area contributed by atoms with E-state index in [-0.39, 0.29) is 6.03 Å². The minimum atomic E-state index is -0.156. The molecule has 0 aliphatic carbocycles. The molecule has 0 saturated carbocycles. The Morgan fingerprint density at radius 1 is 1.21 bits per heavy atom. The van der Waals surface area contributed by atoms with Crippen LogP contribution in [0.2, 0.25) is 0 Å². The zero-order chi connectivity index (χ0) is 19.9. The molecule has 1 aliphatic heterocycles. The summed E-state index contributed by atoms with van der Waals surface area (Å²) in [7, 11) is 0. The fourth-order valence-corrected chi connectivity index (χ4v) is 3.64. The van der Waals surface area contributed by atoms with Gasteiger partial charge >= 0.3 is 6.03 Å². The van der Waals surface area contributed by atoms with Crippen LogP contribution >= 0.6 is 0 Å². The van der Waals surface area contributed by atoms with E-state index >= 15 is 0 Å². The average molecular weight is 386 g/mol. The Bertz CT molecular complexity index is 762. The van der Waals surface area contributed by atoms with Crippen LogP contribution in [0.4, 0.5) is 10.5 Å². The molecule has 2 N–H and O–H groups in total. The Morgan fingerprint density at radius 3 is 2.54 bits per heavy atom. The van der Waals surface area contributed by atoms with E-state index in [2.05, 4.69) is 21.6 Å². The molecule has 2 amide bonds. The van der Waals surface area contributed by atoms with Gasteiger partial charge in [0.05, 0.1) is 6.61 Å². The lowest BCUT2D eigenvalue weighted by Gasteiger charge is -2.31. The molecular weight excluding hydrogens is 354 g/mol. The van der Waals surface area contributed by atoms with Gasteiger partial charge in [-0.2, -0.15) is 0 Å². The van der Waals surface area contributed by atoms with Crippen molar-refractivity contribution in [2.75, 3.05) is 31.6 Å². The summed E-state index contributed by atoms with van der Waals surface area (Å²) in [5.74, 6) is 3.33. The summed E-state index contributed by atoms with van der Waals surface area (Å²) >= 11 is 0. The van der Waals surface area contributed by atoms with Gasteiger partial charge in [-0.25, -0.2) is 4.79 Å². The number of hydrogen-bond acceptors (Lipinski definition) is 4. The molecule has 0 atom stereocenters. The van der Waals surface area contributed by atoms with Crippen LogP contribution in [0.25, 0.3) is 0 Å². The van der Waals surface area contributed by atoms with E-state index in [0.29, 0.717) is 19.1 Å². The minimum Gasteiger partial charge on any atom is -0.494 e. The summed E-state index contributed by atoms with van der Waals surface area (Å²) in [6, 6.07) is 9.39. The van der Waals surface area contributed by atoms with Crippen LogP contribution in [0.5, 0.6) is 5.75 Å². The first-order valence-electron chi connectivity index (χ1n) is 10.1. The molecule has 1 saturated heterocycles. The maximum absolute atomic E-state index is 12.1. The molecule has 1 aliphatic rings. The largest absolute Gasteiger partial charge is 0.494 e. The standard InChI is InChI=1S/C22H31N3O3/c1-4-27-21-7-5-20(6-8-21)24-22(26)23-14-18-9-11-25(12-10-18)15-19-13-16(2)28-17(19)3/h5-8,13,18H,4,9-12,14-15H2,1-3H3,(H2,23,24,26). The number of carbonyl (C=O) groups is 1. The quantitative estimate of drug-likeness (QED) is 0.744. The van der Waals surface area contributed by atoms with Crippen molar-refractivity contribution in [3.05, 3.63) is 47.4 Å². The van der Waals surface area contributed by atoms with E-state index < -0.39 is 0 Å². The van der Waals surface area contributed by atoms with Gasteiger partial charge < -0.3 is 19.8 Å². The maximum atomic E-state index is 12.1. The van der Waals surface area contributed by atoms with Gasteiger partial charge in [-0.15, -0.1) is 0 Å². The lowest BCUT2D eigenvalue weighted by molar-refractivity contribution is 0.175.